The highest BCUT2D eigenvalue weighted by Gasteiger charge is 2.21. The third kappa shape index (κ3) is 3.21. The minimum atomic E-state index is -0.900. The molecule has 0 fully saturated rings. The standard InChI is InChI=1S/C14H11Cl2FN2O/c15-11-6-2-5-10(12(11)16)13(14(18)20)19-9-4-1-3-8(17)7-9/h1-7,13,19H,(H2,18,20). The molecule has 0 aliphatic carbocycles. The van der Waals surface area contributed by atoms with E-state index in [0.717, 1.165) is 0 Å². The van der Waals surface area contributed by atoms with Crippen LogP contribution in [0.3, 0.4) is 0 Å². The van der Waals surface area contributed by atoms with Crippen LogP contribution in [-0.2, 0) is 4.79 Å². The van der Waals surface area contributed by atoms with Crippen molar-refractivity contribution < 1.29 is 9.18 Å². The van der Waals surface area contributed by atoms with Crippen molar-refractivity contribution in [3.8, 4) is 0 Å². The molecule has 2 aromatic carbocycles. The van der Waals surface area contributed by atoms with Gasteiger partial charge in [-0.25, -0.2) is 4.39 Å². The van der Waals surface area contributed by atoms with E-state index in [4.69, 9.17) is 28.9 Å². The molecule has 0 aliphatic rings. The molecule has 0 saturated heterocycles. The van der Waals surface area contributed by atoms with Crippen molar-refractivity contribution in [1.82, 2.24) is 0 Å². The third-order valence-electron chi connectivity index (χ3n) is 2.71. The molecule has 6 heteroatoms. The molecule has 2 rings (SSSR count). The van der Waals surface area contributed by atoms with E-state index in [-0.39, 0.29) is 5.02 Å². The summed E-state index contributed by atoms with van der Waals surface area (Å²) in [4.78, 5) is 11.6. The van der Waals surface area contributed by atoms with Gasteiger partial charge in [0.05, 0.1) is 10.0 Å². The van der Waals surface area contributed by atoms with E-state index in [1.54, 1.807) is 24.3 Å². The van der Waals surface area contributed by atoms with Crippen LogP contribution in [0.25, 0.3) is 0 Å². The number of hydrogen-bond acceptors (Lipinski definition) is 2. The van der Waals surface area contributed by atoms with Crippen LogP contribution in [-0.4, -0.2) is 5.91 Å². The van der Waals surface area contributed by atoms with E-state index < -0.39 is 17.8 Å². The lowest BCUT2D eigenvalue weighted by molar-refractivity contribution is -0.118. The number of halogens is 3. The Hall–Kier alpha value is -1.78. The summed E-state index contributed by atoms with van der Waals surface area (Å²) in [6.07, 6.45) is 0. The van der Waals surface area contributed by atoms with Crippen LogP contribution in [0.4, 0.5) is 10.1 Å². The largest absolute Gasteiger partial charge is 0.370 e. The summed E-state index contributed by atoms with van der Waals surface area (Å²) in [6, 6.07) is 9.71. The van der Waals surface area contributed by atoms with E-state index in [0.29, 0.717) is 16.3 Å². The van der Waals surface area contributed by atoms with Crippen molar-refractivity contribution in [2.45, 2.75) is 6.04 Å². The Morgan fingerprint density at radius 3 is 2.55 bits per heavy atom. The molecule has 0 radical (unpaired) electrons. The van der Waals surface area contributed by atoms with Crippen LogP contribution in [0.15, 0.2) is 42.5 Å². The maximum absolute atomic E-state index is 13.2. The summed E-state index contributed by atoms with van der Waals surface area (Å²) in [5.74, 6) is -1.06. The quantitative estimate of drug-likeness (QED) is 0.903. The molecule has 20 heavy (non-hydrogen) atoms. The average molecular weight is 313 g/mol. The molecule has 0 bridgehead atoms. The van der Waals surface area contributed by atoms with Crippen LogP contribution < -0.4 is 11.1 Å². The summed E-state index contributed by atoms with van der Waals surface area (Å²) in [5, 5.41) is 3.40. The van der Waals surface area contributed by atoms with Crippen molar-refractivity contribution in [3.05, 3.63) is 63.9 Å². The molecule has 1 amide bonds. The zero-order valence-electron chi connectivity index (χ0n) is 10.2. The van der Waals surface area contributed by atoms with Crippen LogP contribution in [0.5, 0.6) is 0 Å². The maximum atomic E-state index is 13.2. The van der Waals surface area contributed by atoms with Crippen molar-refractivity contribution in [3.63, 3.8) is 0 Å². The molecule has 0 aliphatic heterocycles. The highest BCUT2D eigenvalue weighted by atomic mass is 35.5. The fraction of sp³-hybridized carbons (Fsp3) is 0.0714. The molecule has 1 atom stereocenters. The zero-order valence-corrected chi connectivity index (χ0v) is 11.8. The Balaban J connectivity index is 2.37. The first-order valence-corrected chi connectivity index (χ1v) is 6.50. The third-order valence-corrected chi connectivity index (χ3v) is 3.55. The van der Waals surface area contributed by atoms with Crippen molar-refractivity contribution in [1.29, 1.82) is 0 Å². The first-order valence-electron chi connectivity index (χ1n) is 5.74. The fourth-order valence-electron chi connectivity index (χ4n) is 1.79. The lowest BCUT2D eigenvalue weighted by Crippen LogP contribution is -2.28. The summed E-state index contributed by atoms with van der Waals surface area (Å²) in [6.45, 7) is 0. The van der Waals surface area contributed by atoms with Crippen LogP contribution >= 0.6 is 23.2 Å². The second-order valence-corrected chi connectivity index (χ2v) is 4.92. The summed E-state index contributed by atoms with van der Waals surface area (Å²) < 4.78 is 13.2. The number of rotatable bonds is 4. The van der Waals surface area contributed by atoms with Crippen LogP contribution in [0.1, 0.15) is 11.6 Å². The zero-order chi connectivity index (χ0) is 14.7. The van der Waals surface area contributed by atoms with Gasteiger partial charge < -0.3 is 11.1 Å². The van der Waals surface area contributed by atoms with Gasteiger partial charge in [0.15, 0.2) is 0 Å². The first kappa shape index (κ1) is 14.6. The van der Waals surface area contributed by atoms with Gasteiger partial charge in [-0.3, -0.25) is 4.79 Å². The summed E-state index contributed by atoms with van der Waals surface area (Å²) >= 11 is 12.0. The monoisotopic (exact) mass is 312 g/mol. The van der Waals surface area contributed by atoms with Crippen LogP contribution in [0.2, 0.25) is 10.0 Å². The molecule has 3 nitrogen and oxygen atoms in total. The number of anilines is 1. The maximum Gasteiger partial charge on any atom is 0.244 e. The predicted molar refractivity (Wildman–Crippen MR) is 78.4 cm³/mol. The number of benzene rings is 2. The first-order chi connectivity index (χ1) is 9.49. The second kappa shape index (κ2) is 6.11. The number of primary amides is 1. The number of nitrogens with one attached hydrogen (secondary N) is 1. The van der Waals surface area contributed by atoms with Gasteiger partial charge in [-0.1, -0.05) is 41.4 Å². The van der Waals surface area contributed by atoms with Gasteiger partial charge in [0, 0.05) is 11.3 Å². The number of amides is 1. The van der Waals surface area contributed by atoms with Crippen molar-refractivity contribution in [2.24, 2.45) is 5.73 Å². The minimum Gasteiger partial charge on any atom is -0.370 e. The summed E-state index contributed by atoms with van der Waals surface area (Å²) in [5.41, 5.74) is 6.24. The second-order valence-electron chi connectivity index (χ2n) is 4.13. The molecule has 0 saturated carbocycles. The smallest absolute Gasteiger partial charge is 0.244 e. The van der Waals surface area contributed by atoms with Gasteiger partial charge in [0.25, 0.3) is 0 Å². The molecular formula is C14H11Cl2FN2O. The Morgan fingerprint density at radius 1 is 1.20 bits per heavy atom. The van der Waals surface area contributed by atoms with Crippen molar-refractivity contribution >= 4 is 34.8 Å². The Labute approximate surface area is 125 Å². The van der Waals surface area contributed by atoms with E-state index in [1.807, 2.05) is 0 Å². The van der Waals surface area contributed by atoms with Gasteiger partial charge in [-0.15, -0.1) is 0 Å². The van der Waals surface area contributed by atoms with E-state index in [2.05, 4.69) is 5.32 Å². The van der Waals surface area contributed by atoms with E-state index in [1.165, 1.54) is 18.2 Å². The number of carbonyl (C=O) groups excluding carboxylic acids is 1. The summed E-state index contributed by atoms with van der Waals surface area (Å²) in [7, 11) is 0. The molecule has 3 N–H and O–H groups in total. The number of nitrogens with two attached hydrogens (primary N) is 1. The number of hydrogen-bond donors (Lipinski definition) is 2. The molecule has 1 unspecified atom stereocenters. The van der Waals surface area contributed by atoms with Gasteiger partial charge in [0.1, 0.15) is 11.9 Å². The SMILES string of the molecule is NC(=O)C(Nc1cccc(F)c1)c1cccc(Cl)c1Cl. The van der Waals surface area contributed by atoms with Crippen molar-refractivity contribution in [2.75, 3.05) is 5.32 Å². The highest BCUT2D eigenvalue weighted by Crippen LogP contribution is 2.31. The Bertz CT molecular complexity index is 649. The molecule has 0 heterocycles. The lowest BCUT2D eigenvalue weighted by Gasteiger charge is -2.18. The highest BCUT2D eigenvalue weighted by molar-refractivity contribution is 6.42. The number of carbonyl (C=O) groups is 1. The van der Waals surface area contributed by atoms with Crippen LogP contribution in [0, 0.1) is 5.82 Å². The molecule has 0 aromatic heterocycles. The van der Waals surface area contributed by atoms with Gasteiger partial charge in [-0.2, -0.15) is 0 Å². The van der Waals surface area contributed by atoms with E-state index >= 15 is 0 Å². The van der Waals surface area contributed by atoms with Gasteiger partial charge in [-0.05, 0) is 24.3 Å². The minimum absolute atomic E-state index is 0.238. The normalized spacial score (nSPS) is 11.9. The topological polar surface area (TPSA) is 55.1 Å². The van der Waals surface area contributed by atoms with E-state index in [9.17, 15) is 9.18 Å². The van der Waals surface area contributed by atoms with Gasteiger partial charge in [0.2, 0.25) is 5.91 Å². The molecule has 104 valence electrons. The lowest BCUT2D eigenvalue weighted by atomic mass is 10.1. The molecule has 2 aromatic rings. The molecular weight excluding hydrogens is 302 g/mol. The Kier molecular flexibility index (Phi) is 4.47. The fourth-order valence-corrected chi connectivity index (χ4v) is 2.21. The Morgan fingerprint density at radius 2 is 1.90 bits per heavy atom. The predicted octanol–water partition coefficient (Wildman–Crippen LogP) is 3.77. The van der Waals surface area contributed by atoms with Gasteiger partial charge >= 0.3 is 0 Å². The average Bonchev–Trinajstić information content (AvgIpc) is 2.39. The molecule has 0 spiro atoms.